The Morgan fingerprint density at radius 1 is 1.09 bits per heavy atom. The molecule has 0 heterocycles. The van der Waals surface area contributed by atoms with Crippen molar-refractivity contribution in [2.45, 2.75) is 45.1 Å². The highest BCUT2D eigenvalue weighted by Crippen LogP contribution is 2.22. The summed E-state index contributed by atoms with van der Waals surface area (Å²) in [6.07, 6.45) is 5.17. The number of carbonyl (C=O) groups excluding carboxylic acids is 1. The van der Waals surface area contributed by atoms with E-state index in [1.165, 1.54) is 36.1 Å². The van der Waals surface area contributed by atoms with Crippen LogP contribution in [-0.2, 0) is 24.1 Å². The molecule has 0 aliphatic heterocycles. The third kappa shape index (κ3) is 3.98. The Bertz CT molecular complexity index is 693. The highest BCUT2D eigenvalue weighted by atomic mass is 19.1. The van der Waals surface area contributed by atoms with Crippen molar-refractivity contribution in [1.29, 1.82) is 0 Å². The van der Waals surface area contributed by atoms with Crippen LogP contribution in [0.5, 0.6) is 0 Å². The van der Waals surface area contributed by atoms with Gasteiger partial charge < -0.3 is 5.32 Å². The summed E-state index contributed by atoms with van der Waals surface area (Å²) in [5.74, 6) is -0.265. The molecule has 0 fully saturated rings. The molecular weight excluding hydrogens is 289 g/mol. The molecule has 3 heteroatoms. The lowest BCUT2D eigenvalue weighted by atomic mass is 9.90. The number of hydrogen-bond acceptors (Lipinski definition) is 1. The molecule has 2 nitrogen and oxygen atoms in total. The molecule has 3 rings (SSSR count). The third-order valence-electron chi connectivity index (χ3n) is 4.53. The minimum absolute atomic E-state index is 0.00224. The minimum atomic E-state index is -0.263. The highest BCUT2D eigenvalue weighted by molar-refractivity contribution is 5.79. The maximum Gasteiger partial charge on any atom is 0.224 e. The van der Waals surface area contributed by atoms with Gasteiger partial charge in [0.25, 0.3) is 0 Å². The molecule has 23 heavy (non-hydrogen) atoms. The molecule has 2 aromatic carbocycles. The van der Waals surface area contributed by atoms with E-state index in [2.05, 4.69) is 23.5 Å². The molecule has 0 bridgehead atoms. The van der Waals surface area contributed by atoms with Gasteiger partial charge in [-0.15, -0.1) is 0 Å². The Morgan fingerprint density at radius 2 is 1.78 bits per heavy atom. The summed E-state index contributed by atoms with van der Waals surface area (Å²) in [6, 6.07) is 12.5. The Hall–Kier alpha value is -2.16. The number of fused-ring (bicyclic) bond motifs is 1. The number of rotatable bonds is 4. The average molecular weight is 311 g/mol. The summed E-state index contributed by atoms with van der Waals surface area (Å²) < 4.78 is 13.0. The van der Waals surface area contributed by atoms with Gasteiger partial charge in [0.05, 0.1) is 12.5 Å². The number of carbonyl (C=O) groups is 1. The SMILES string of the molecule is CC(NC(=O)Cc1ccc2c(c1)CCCC2)c1ccc(F)cc1. The number of halogens is 1. The second kappa shape index (κ2) is 6.95. The van der Waals surface area contributed by atoms with Crippen LogP contribution in [-0.4, -0.2) is 5.91 Å². The van der Waals surface area contributed by atoms with Crippen molar-refractivity contribution in [1.82, 2.24) is 5.32 Å². The van der Waals surface area contributed by atoms with Gasteiger partial charge in [-0.1, -0.05) is 30.3 Å². The standard InChI is InChI=1S/C20H22FNO/c1-14(16-8-10-19(21)11-9-16)22-20(23)13-15-6-7-17-4-2-3-5-18(17)12-15/h6-12,14H,2-5,13H2,1H3,(H,22,23). The Kier molecular flexibility index (Phi) is 4.75. The summed E-state index contributed by atoms with van der Waals surface area (Å²) in [5.41, 5.74) is 4.80. The fraction of sp³-hybridized carbons (Fsp3) is 0.350. The second-order valence-electron chi connectivity index (χ2n) is 6.33. The first kappa shape index (κ1) is 15.7. The van der Waals surface area contributed by atoms with Gasteiger partial charge in [-0.3, -0.25) is 4.79 Å². The van der Waals surface area contributed by atoms with Crippen LogP contribution in [0.3, 0.4) is 0 Å². The lowest BCUT2D eigenvalue weighted by molar-refractivity contribution is -0.121. The predicted molar refractivity (Wildman–Crippen MR) is 89.7 cm³/mol. The normalized spacial score (nSPS) is 14.9. The smallest absolute Gasteiger partial charge is 0.224 e. The van der Waals surface area contributed by atoms with Crippen molar-refractivity contribution < 1.29 is 9.18 Å². The average Bonchev–Trinajstić information content (AvgIpc) is 2.55. The molecule has 1 N–H and O–H groups in total. The number of hydrogen-bond donors (Lipinski definition) is 1. The van der Waals surface area contributed by atoms with Crippen molar-refractivity contribution in [3.05, 3.63) is 70.5 Å². The van der Waals surface area contributed by atoms with Crippen molar-refractivity contribution in [3.8, 4) is 0 Å². The topological polar surface area (TPSA) is 29.1 Å². The van der Waals surface area contributed by atoms with Crippen LogP contribution in [0.4, 0.5) is 4.39 Å². The molecule has 0 spiro atoms. The minimum Gasteiger partial charge on any atom is -0.349 e. The van der Waals surface area contributed by atoms with Crippen LogP contribution in [0.1, 0.15) is 48.1 Å². The summed E-state index contributed by atoms with van der Waals surface area (Å²) in [5, 5.41) is 2.98. The van der Waals surface area contributed by atoms with Gasteiger partial charge >= 0.3 is 0 Å². The van der Waals surface area contributed by atoms with Gasteiger partial charge in [-0.25, -0.2) is 4.39 Å². The fourth-order valence-corrected chi connectivity index (χ4v) is 3.21. The lowest BCUT2D eigenvalue weighted by Gasteiger charge is -2.17. The van der Waals surface area contributed by atoms with Gasteiger partial charge in [0.2, 0.25) is 5.91 Å². The molecule has 0 radical (unpaired) electrons. The first-order valence-electron chi connectivity index (χ1n) is 8.27. The van der Waals surface area contributed by atoms with E-state index in [9.17, 15) is 9.18 Å². The molecule has 1 aliphatic carbocycles. The van der Waals surface area contributed by atoms with Gasteiger partial charge in [0, 0.05) is 0 Å². The Balaban J connectivity index is 1.61. The molecule has 2 aromatic rings. The molecule has 0 saturated heterocycles. The molecule has 1 aliphatic rings. The zero-order valence-electron chi connectivity index (χ0n) is 13.4. The maximum absolute atomic E-state index is 13.0. The van der Waals surface area contributed by atoms with E-state index >= 15 is 0 Å². The van der Waals surface area contributed by atoms with E-state index in [1.807, 2.05) is 6.92 Å². The zero-order chi connectivity index (χ0) is 16.2. The van der Waals surface area contributed by atoms with Gasteiger partial charge in [-0.2, -0.15) is 0 Å². The first-order valence-corrected chi connectivity index (χ1v) is 8.27. The van der Waals surface area contributed by atoms with Crippen LogP contribution in [0.25, 0.3) is 0 Å². The van der Waals surface area contributed by atoms with Crippen molar-refractivity contribution in [2.75, 3.05) is 0 Å². The quantitative estimate of drug-likeness (QED) is 0.904. The van der Waals surface area contributed by atoms with Crippen molar-refractivity contribution >= 4 is 5.91 Å². The number of nitrogens with one attached hydrogen (secondary N) is 1. The van der Waals surface area contributed by atoms with Gasteiger partial charge in [0.1, 0.15) is 5.82 Å². The molecule has 0 saturated carbocycles. The van der Waals surface area contributed by atoms with E-state index < -0.39 is 0 Å². The maximum atomic E-state index is 13.0. The Morgan fingerprint density at radius 3 is 2.52 bits per heavy atom. The summed E-state index contributed by atoms with van der Waals surface area (Å²) in [7, 11) is 0. The summed E-state index contributed by atoms with van der Waals surface area (Å²) in [4.78, 5) is 12.2. The first-order chi connectivity index (χ1) is 11.1. The molecule has 1 atom stereocenters. The third-order valence-corrected chi connectivity index (χ3v) is 4.53. The fourth-order valence-electron chi connectivity index (χ4n) is 3.21. The number of benzene rings is 2. The van der Waals surface area contributed by atoms with E-state index in [-0.39, 0.29) is 17.8 Å². The largest absolute Gasteiger partial charge is 0.349 e. The number of aryl methyl sites for hydroxylation is 2. The second-order valence-corrected chi connectivity index (χ2v) is 6.33. The summed E-state index contributed by atoms with van der Waals surface area (Å²) >= 11 is 0. The van der Waals surface area contributed by atoms with Gasteiger partial charge in [-0.05, 0) is 67.0 Å². The van der Waals surface area contributed by atoms with Crippen molar-refractivity contribution in [2.24, 2.45) is 0 Å². The van der Waals surface area contributed by atoms with Crippen molar-refractivity contribution in [3.63, 3.8) is 0 Å². The van der Waals surface area contributed by atoms with E-state index in [0.29, 0.717) is 6.42 Å². The Labute approximate surface area is 136 Å². The predicted octanol–water partition coefficient (Wildman–Crippen LogP) is 4.12. The van der Waals surface area contributed by atoms with E-state index in [1.54, 1.807) is 12.1 Å². The molecule has 120 valence electrons. The van der Waals surface area contributed by atoms with Crippen LogP contribution >= 0.6 is 0 Å². The van der Waals surface area contributed by atoms with Crippen LogP contribution < -0.4 is 5.32 Å². The van der Waals surface area contributed by atoms with Crippen LogP contribution in [0, 0.1) is 5.82 Å². The van der Waals surface area contributed by atoms with Crippen LogP contribution in [0.2, 0.25) is 0 Å². The summed E-state index contributed by atoms with van der Waals surface area (Å²) in [6.45, 7) is 1.91. The molecule has 1 unspecified atom stereocenters. The van der Waals surface area contributed by atoms with E-state index in [0.717, 1.165) is 24.0 Å². The van der Waals surface area contributed by atoms with Gasteiger partial charge in [0.15, 0.2) is 0 Å². The molecule has 0 aromatic heterocycles. The molecule has 1 amide bonds. The van der Waals surface area contributed by atoms with Crippen LogP contribution in [0.15, 0.2) is 42.5 Å². The molecular formula is C20H22FNO. The monoisotopic (exact) mass is 311 g/mol. The zero-order valence-corrected chi connectivity index (χ0v) is 13.4. The van der Waals surface area contributed by atoms with E-state index in [4.69, 9.17) is 0 Å². The number of amides is 1. The highest BCUT2D eigenvalue weighted by Gasteiger charge is 2.13. The lowest BCUT2D eigenvalue weighted by Crippen LogP contribution is -2.28.